The summed E-state index contributed by atoms with van der Waals surface area (Å²) in [5, 5.41) is 3.61. The van der Waals surface area contributed by atoms with Gasteiger partial charge < -0.3 is 10.3 Å². The summed E-state index contributed by atoms with van der Waals surface area (Å²) in [7, 11) is -3.77. The molecule has 0 aliphatic carbocycles. The second-order valence-corrected chi connectivity index (χ2v) is 7.08. The Labute approximate surface area is 144 Å². The van der Waals surface area contributed by atoms with Crippen molar-refractivity contribution in [2.45, 2.75) is 11.8 Å². The third-order valence-corrected chi connectivity index (χ3v) is 4.88. The van der Waals surface area contributed by atoms with Crippen LogP contribution in [0.15, 0.2) is 64.0 Å². The number of hydrogen-bond acceptors (Lipinski definition) is 5. The van der Waals surface area contributed by atoms with Crippen LogP contribution in [-0.4, -0.2) is 19.5 Å². The molecule has 0 atom stereocenters. The van der Waals surface area contributed by atoms with Gasteiger partial charge in [0.15, 0.2) is 5.82 Å². The first kappa shape index (κ1) is 16.7. The van der Waals surface area contributed by atoms with Crippen LogP contribution < -0.4 is 10.5 Å². The molecule has 0 unspecified atom stereocenters. The minimum absolute atomic E-state index is 0.0861. The van der Waals surface area contributed by atoms with Crippen LogP contribution in [0.3, 0.4) is 0 Å². The Kier molecular flexibility index (Phi) is 4.28. The Morgan fingerprint density at radius 2 is 1.80 bits per heavy atom. The molecule has 0 aliphatic rings. The van der Waals surface area contributed by atoms with E-state index in [1.807, 2.05) is 6.07 Å². The molecule has 3 rings (SSSR count). The van der Waals surface area contributed by atoms with Gasteiger partial charge in [0.05, 0.1) is 4.90 Å². The molecule has 7 nitrogen and oxygen atoms in total. The highest BCUT2D eigenvalue weighted by molar-refractivity contribution is 7.92. The number of nitrogens with one attached hydrogen (secondary N) is 1. The molecule has 1 heterocycles. The molecule has 1 aromatic heterocycles. The molecule has 2 aromatic carbocycles. The molecule has 0 spiro atoms. The molecule has 0 saturated carbocycles. The fraction of sp³-hybridized carbons (Fsp3) is 0.0588. The number of aromatic nitrogens is 1. The van der Waals surface area contributed by atoms with Gasteiger partial charge in [-0.3, -0.25) is 9.52 Å². The number of carbonyl (C=O) groups excluding carboxylic acids is 1. The average molecular weight is 357 g/mol. The molecule has 0 fully saturated rings. The molecule has 128 valence electrons. The highest BCUT2D eigenvalue weighted by Gasteiger charge is 2.16. The maximum Gasteiger partial charge on any atom is 0.263 e. The van der Waals surface area contributed by atoms with E-state index in [0.29, 0.717) is 11.3 Å². The Hall–Kier alpha value is -3.13. The fourth-order valence-corrected chi connectivity index (χ4v) is 3.27. The number of carbonyl (C=O) groups is 1. The zero-order valence-electron chi connectivity index (χ0n) is 13.3. The molecule has 3 N–H and O–H groups in total. The number of rotatable bonds is 5. The quantitative estimate of drug-likeness (QED) is 0.728. The number of sulfonamides is 1. The first-order valence-corrected chi connectivity index (χ1v) is 8.80. The summed E-state index contributed by atoms with van der Waals surface area (Å²) in [4.78, 5) is 11.4. The van der Waals surface area contributed by atoms with E-state index in [9.17, 15) is 13.2 Å². The minimum Gasteiger partial charge on any atom is -0.366 e. The van der Waals surface area contributed by atoms with Crippen molar-refractivity contribution in [1.82, 2.24) is 5.16 Å². The Morgan fingerprint density at radius 3 is 2.40 bits per heavy atom. The normalized spacial score (nSPS) is 11.2. The Balaban J connectivity index is 1.87. The lowest BCUT2D eigenvalue weighted by Crippen LogP contribution is -2.13. The highest BCUT2D eigenvalue weighted by atomic mass is 32.2. The number of amides is 1. The van der Waals surface area contributed by atoms with Gasteiger partial charge in [-0.1, -0.05) is 29.4 Å². The first-order valence-electron chi connectivity index (χ1n) is 7.31. The van der Waals surface area contributed by atoms with Gasteiger partial charge in [0.1, 0.15) is 5.76 Å². The van der Waals surface area contributed by atoms with Crippen molar-refractivity contribution in [3.8, 4) is 11.1 Å². The number of hydrogen-bond donors (Lipinski definition) is 2. The van der Waals surface area contributed by atoms with Crippen LogP contribution in [0.1, 0.15) is 16.1 Å². The number of primary amides is 1. The smallest absolute Gasteiger partial charge is 0.263 e. The van der Waals surface area contributed by atoms with Gasteiger partial charge in [-0.25, -0.2) is 8.42 Å². The maximum absolute atomic E-state index is 12.3. The van der Waals surface area contributed by atoms with Crippen LogP contribution in [0, 0.1) is 6.92 Å². The van der Waals surface area contributed by atoms with E-state index in [1.165, 1.54) is 18.2 Å². The average Bonchev–Trinajstić information content (AvgIpc) is 2.99. The number of anilines is 1. The van der Waals surface area contributed by atoms with Crippen LogP contribution in [0.25, 0.3) is 11.1 Å². The van der Waals surface area contributed by atoms with Crippen LogP contribution in [-0.2, 0) is 10.0 Å². The molecule has 3 aromatic rings. The van der Waals surface area contributed by atoms with Crippen molar-refractivity contribution in [3.05, 3.63) is 65.9 Å². The van der Waals surface area contributed by atoms with Gasteiger partial charge in [-0.05, 0) is 42.3 Å². The third kappa shape index (κ3) is 3.69. The topological polar surface area (TPSA) is 115 Å². The molecular formula is C17H15N3O4S. The van der Waals surface area contributed by atoms with Gasteiger partial charge >= 0.3 is 0 Å². The van der Waals surface area contributed by atoms with Gasteiger partial charge in [0.25, 0.3) is 10.0 Å². The number of nitrogens with zero attached hydrogens (tertiary/aromatic N) is 1. The number of nitrogens with two attached hydrogens (primary N) is 1. The first-order chi connectivity index (χ1) is 11.8. The van der Waals surface area contributed by atoms with Crippen LogP contribution in [0.2, 0.25) is 0 Å². The van der Waals surface area contributed by atoms with E-state index in [-0.39, 0.29) is 10.7 Å². The van der Waals surface area contributed by atoms with Crippen molar-refractivity contribution in [1.29, 1.82) is 0 Å². The third-order valence-electron chi connectivity index (χ3n) is 3.51. The molecule has 8 heteroatoms. The van der Waals surface area contributed by atoms with Crippen molar-refractivity contribution in [2.24, 2.45) is 5.73 Å². The van der Waals surface area contributed by atoms with Crippen LogP contribution in [0.4, 0.5) is 5.82 Å². The van der Waals surface area contributed by atoms with Crippen LogP contribution >= 0.6 is 0 Å². The lowest BCUT2D eigenvalue weighted by molar-refractivity contribution is 0.100. The Morgan fingerprint density at radius 1 is 1.08 bits per heavy atom. The molecule has 0 aliphatic heterocycles. The summed E-state index contributed by atoms with van der Waals surface area (Å²) in [5.74, 6) is 0.103. The van der Waals surface area contributed by atoms with Crippen molar-refractivity contribution < 1.29 is 17.7 Å². The number of benzene rings is 2. The largest absolute Gasteiger partial charge is 0.366 e. The van der Waals surface area contributed by atoms with Crippen molar-refractivity contribution >= 4 is 21.7 Å². The summed E-state index contributed by atoms with van der Waals surface area (Å²) in [6.45, 7) is 1.67. The molecule has 25 heavy (non-hydrogen) atoms. The summed E-state index contributed by atoms with van der Waals surface area (Å²) >= 11 is 0. The van der Waals surface area contributed by atoms with Crippen molar-refractivity contribution in [3.63, 3.8) is 0 Å². The summed E-state index contributed by atoms with van der Waals surface area (Å²) in [5.41, 5.74) is 7.19. The second-order valence-electron chi connectivity index (χ2n) is 5.40. The van der Waals surface area contributed by atoms with Gasteiger partial charge in [0.2, 0.25) is 5.91 Å². The summed E-state index contributed by atoms with van der Waals surface area (Å²) in [6.07, 6.45) is 0. The van der Waals surface area contributed by atoms with E-state index in [4.69, 9.17) is 10.3 Å². The molecule has 1 amide bonds. The van der Waals surface area contributed by atoms with E-state index in [2.05, 4.69) is 9.88 Å². The zero-order valence-corrected chi connectivity index (χ0v) is 14.1. The van der Waals surface area contributed by atoms with E-state index >= 15 is 0 Å². The van der Waals surface area contributed by atoms with Gasteiger partial charge in [-0.2, -0.15) is 0 Å². The van der Waals surface area contributed by atoms with Crippen LogP contribution in [0.5, 0.6) is 0 Å². The van der Waals surface area contributed by atoms with Gasteiger partial charge in [-0.15, -0.1) is 0 Å². The molecule has 0 radical (unpaired) electrons. The Bertz CT molecular complexity index is 1020. The standard InChI is InChI=1S/C17H15N3O4S/c1-11-9-16(19-24-11)20-25(22,23)15-7-5-12(6-8-15)13-3-2-4-14(10-13)17(18)21/h2-10H,1H3,(H2,18,21)(H,19,20). The van der Waals surface area contributed by atoms with Crippen molar-refractivity contribution in [2.75, 3.05) is 4.72 Å². The SMILES string of the molecule is Cc1cc(NS(=O)(=O)c2ccc(-c3cccc(C(N)=O)c3)cc2)no1. The lowest BCUT2D eigenvalue weighted by Gasteiger charge is -2.07. The van der Waals surface area contributed by atoms with E-state index < -0.39 is 15.9 Å². The minimum atomic E-state index is -3.77. The molecular weight excluding hydrogens is 342 g/mol. The molecule has 0 bridgehead atoms. The zero-order chi connectivity index (χ0) is 18.0. The fourth-order valence-electron chi connectivity index (χ4n) is 2.29. The van der Waals surface area contributed by atoms with Gasteiger partial charge in [0, 0.05) is 11.6 Å². The van der Waals surface area contributed by atoms with E-state index in [1.54, 1.807) is 37.3 Å². The lowest BCUT2D eigenvalue weighted by atomic mass is 10.0. The van der Waals surface area contributed by atoms with E-state index in [0.717, 1.165) is 11.1 Å². The maximum atomic E-state index is 12.3. The highest BCUT2D eigenvalue weighted by Crippen LogP contribution is 2.23. The summed E-state index contributed by atoms with van der Waals surface area (Å²) in [6, 6.07) is 14.5. The number of aryl methyl sites for hydroxylation is 1. The predicted octanol–water partition coefficient (Wildman–Crippen LogP) is 2.55. The second kappa shape index (κ2) is 6.40. The monoisotopic (exact) mass is 357 g/mol. The summed E-state index contributed by atoms with van der Waals surface area (Å²) < 4.78 is 31.9. The predicted molar refractivity (Wildman–Crippen MR) is 92.4 cm³/mol. The molecule has 0 saturated heterocycles.